The van der Waals surface area contributed by atoms with Gasteiger partial charge in [-0.3, -0.25) is 9.69 Å². The second-order valence-corrected chi connectivity index (χ2v) is 9.66. The zero-order chi connectivity index (χ0) is 29.0. The molecule has 1 fully saturated rings. The molecule has 1 unspecified atom stereocenters. The van der Waals surface area contributed by atoms with Crippen molar-refractivity contribution in [2.75, 3.05) is 46.0 Å². The normalized spacial score (nSPS) is 17.0. The molecule has 220 valence electrons. The topological polar surface area (TPSA) is 103 Å². The number of carbonyl (C=O) groups is 2. The number of aromatic nitrogens is 2. The van der Waals surface area contributed by atoms with Gasteiger partial charge in [0.2, 0.25) is 11.7 Å². The third kappa shape index (κ3) is 7.12. The molecule has 0 bridgehead atoms. The van der Waals surface area contributed by atoms with Crippen LogP contribution in [0.1, 0.15) is 40.4 Å². The van der Waals surface area contributed by atoms with E-state index < -0.39 is 53.1 Å². The Morgan fingerprint density at radius 2 is 1.75 bits per heavy atom. The summed E-state index contributed by atoms with van der Waals surface area (Å²) in [6.07, 6.45) is -5.00. The number of hydrogen-bond acceptors (Lipinski definition) is 7. The van der Waals surface area contributed by atoms with E-state index in [1.165, 1.54) is 4.90 Å². The Balaban J connectivity index is 1.40. The number of ether oxygens (including phenoxy) is 2. The molecule has 15 heteroatoms. The highest BCUT2D eigenvalue weighted by atomic mass is 19.4. The van der Waals surface area contributed by atoms with Crippen LogP contribution in [0.3, 0.4) is 0 Å². The van der Waals surface area contributed by atoms with Gasteiger partial charge in [0.15, 0.2) is 17.3 Å². The molecule has 0 aliphatic carbocycles. The van der Waals surface area contributed by atoms with Crippen molar-refractivity contribution in [1.29, 1.82) is 0 Å². The molecular formula is C25H29F6N5O4. The molecule has 2 aliphatic rings. The van der Waals surface area contributed by atoms with Gasteiger partial charge in [0.1, 0.15) is 5.82 Å². The van der Waals surface area contributed by atoms with Crippen LogP contribution < -0.4 is 5.73 Å². The maximum Gasteiger partial charge on any atom is 0.449 e. The van der Waals surface area contributed by atoms with Crippen LogP contribution in [0.15, 0.2) is 12.1 Å². The lowest BCUT2D eigenvalue weighted by molar-refractivity contribution is -0.148. The maximum atomic E-state index is 14.0. The number of nitrogens with two attached hydrogens (primary N) is 1. The minimum atomic E-state index is -4.84. The van der Waals surface area contributed by atoms with E-state index in [0.29, 0.717) is 38.3 Å². The zero-order valence-corrected chi connectivity index (χ0v) is 21.5. The SMILES string of the molecule is NC(CC(=O)N1CCn2c(C(F)(F)F)nc(C(=O)OCCCN3CCOCC3)c2C1)Cc1cc(F)c(F)cc1F. The fourth-order valence-corrected chi connectivity index (χ4v) is 4.74. The van der Waals surface area contributed by atoms with Crippen molar-refractivity contribution < 1.29 is 45.4 Å². The molecule has 1 aromatic carbocycles. The number of morpholine rings is 1. The second-order valence-electron chi connectivity index (χ2n) is 9.66. The van der Waals surface area contributed by atoms with Crippen LogP contribution in [0.2, 0.25) is 0 Å². The van der Waals surface area contributed by atoms with Crippen LogP contribution in [0.4, 0.5) is 26.3 Å². The number of halogens is 6. The van der Waals surface area contributed by atoms with Crippen LogP contribution >= 0.6 is 0 Å². The molecule has 0 spiro atoms. The molecular weight excluding hydrogens is 548 g/mol. The van der Waals surface area contributed by atoms with E-state index in [0.717, 1.165) is 17.7 Å². The van der Waals surface area contributed by atoms with E-state index in [9.17, 15) is 35.9 Å². The van der Waals surface area contributed by atoms with Crippen LogP contribution in [0.25, 0.3) is 0 Å². The Bertz CT molecular complexity index is 1230. The lowest BCUT2D eigenvalue weighted by atomic mass is 10.0. The minimum absolute atomic E-state index is 0.0259. The molecule has 1 saturated heterocycles. The number of amides is 1. The summed E-state index contributed by atoms with van der Waals surface area (Å²) in [4.78, 5) is 32.5. The summed E-state index contributed by atoms with van der Waals surface area (Å²) >= 11 is 0. The fourth-order valence-electron chi connectivity index (χ4n) is 4.74. The molecule has 2 aliphatic heterocycles. The Morgan fingerprint density at radius 1 is 1.05 bits per heavy atom. The van der Waals surface area contributed by atoms with Crippen LogP contribution in [-0.2, 0) is 40.0 Å². The summed E-state index contributed by atoms with van der Waals surface area (Å²) in [7, 11) is 0. The van der Waals surface area contributed by atoms with E-state index >= 15 is 0 Å². The van der Waals surface area contributed by atoms with Gasteiger partial charge in [0.05, 0.1) is 32.1 Å². The summed E-state index contributed by atoms with van der Waals surface area (Å²) in [6.45, 7) is 2.52. The summed E-state index contributed by atoms with van der Waals surface area (Å²) in [5.74, 6) is -6.50. The minimum Gasteiger partial charge on any atom is -0.461 e. The van der Waals surface area contributed by atoms with Crippen molar-refractivity contribution in [3.63, 3.8) is 0 Å². The molecule has 0 saturated carbocycles. The Labute approximate surface area is 225 Å². The molecule has 3 heterocycles. The van der Waals surface area contributed by atoms with Gasteiger partial charge in [-0.15, -0.1) is 0 Å². The van der Waals surface area contributed by atoms with E-state index in [4.69, 9.17) is 15.2 Å². The van der Waals surface area contributed by atoms with Crippen LogP contribution in [0.5, 0.6) is 0 Å². The predicted molar refractivity (Wildman–Crippen MR) is 127 cm³/mol. The average molecular weight is 578 g/mol. The number of benzene rings is 1. The van der Waals surface area contributed by atoms with Crippen molar-refractivity contribution in [3.05, 3.63) is 52.4 Å². The predicted octanol–water partition coefficient (Wildman–Crippen LogP) is 2.50. The Morgan fingerprint density at radius 3 is 2.45 bits per heavy atom. The summed E-state index contributed by atoms with van der Waals surface area (Å²) in [6, 6.07) is 0.0543. The van der Waals surface area contributed by atoms with E-state index in [-0.39, 0.29) is 50.3 Å². The van der Waals surface area contributed by atoms with Crippen molar-refractivity contribution in [1.82, 2.24) is 19.4 Å². The smallest absolute Gasteiger partial charge is 0.449 e. The molecule has 1 atom stereocenters. The van der Waals surface area contributed by atoms with Crippen LogP contribution in [0, 0.1) is 17.5 Å². The van der Waals surface area contributed by atoms with Gasteiger partial charge in [-0.05, 0) is 24.5 Å². The van der Waals surface area contributed by atoms with Gasteiger partial charge in [-0.25, -0.2) is 22.9 Å². The summed E-state index contributed by atoms with van der Waals surface area (Å²) < 4.78 is 92.9. The van der Waals surface area contributed by atoms with Gasteiger partial charge in [0, 0.05) is 51.3 Å². The number of alkyl halides is 3. The molecule has 4 rings (SSSR count). The van der Waals surface area contributed by atoms with E-state index in [2.05, 4.69) is 9.88 Å². The maximum absolute atomic E-state index is 14.0. The molecule has 40 heavy (non-hydrogen) atoms. The monoisotopic (exact) mass is 577 g/mol. The van der Waals surface area contributed by atoms with Gasteiger partial charge in [-0.2, -0.15) is 13.2 Å². The van der Waals surface area contributed by atoms with Gasteiger partial charge >= 0.3 is 12.1 Å². The van der Waals surface area contributed by atoms with Crippen LogP contribution in [-0.4, -0.2) is 83.3 Å². The highest BCUT2D eigenvalue weighted by molar-refractivity contribution is 5.89. The highest BCUT2D eigenvalue weighted by Gasteiger charge is 2.42. The lowest BCUT2D eigenvalue weighted by Gasteiger charge is -2.30. The first-order chi connectivity index (χ1) is 18.9. The molecule has 9 nitrogen and oxygen atoms in total. The number of imidazole rings is 1. The first-order valence-corrected chi connectivity index (χ1v) is 12.7. The quantitative estimate of drug-likeness (QED) is 0.212. The third-order valence-corrected chi connectivity index (χ3v) is 6.77. The van der Waals surface area contributed by atoms with Gasteiger partial charge in [0.25, 0.3) is 0 Å². The average Bonchev–Trinajstić information content (AvgIpc) is 3.30. The number of carbonyl (C=O) groups excluding carboxylic acids is 2. The van der Waals surface area contributed by atoms with Gasteiger partial charge < -0.3 is 24.7 Å². The first-order valence-electron chi connectivity index (χ1n) is 12.7. The molecule has 1 aromatic heterocycles. The van der Waals surface area contributed by atoms with Crippen molar-refractivity contribution in [2.24, 2.45) is 5.73 Å². The highest BCUT2D eigenvalue weighted by Crippen LogP contribution is 2.33. The number of nitrogens with zero attached hydrogens (tertiary/aromatic N) is 4. The third-order valence-electron chi connectivity index (χ3n) is 6.77. The molecule has 0 radical (unpaired) electrons. The van der Waals surface area contributed by atoms with Crippen molar-refractivity contribution in [2.45, 2.75) is 44.6 Å². The van der Waals surface area contributed by atoms with E-state index in [1.54, 1.807) is 0 Å². The van der Waals surface area contributed by atoms with Crippen molar-refractivity contribution >= 4 is 11.9 Å². The Kier molecular flexibility index (Phi) is 9.36. The number of esters is 1. The molecule has 1 amide bonds. The second kappa shape index (κ2) is 12.6. The van der Waals surface area contributed by atoms with Gasteiger partial charge in [-0.1, -0.05) is 0 Å². The fraction of sp³-hybridized carbons (Fsp3) is 0.560. The lowest BCUT2D eigenvalue weighted by Crippen LogP contribution is -2.42. The number of hydrogen-bond donors (Lipinski definition) is 1. The van der Waals surface area contributed by atoms with Crippen molar-refractivity contribution in [3.8, 4) is 0 Å². The van der Waals surface area contributed by atoms with E-state index in [1.807, 2.05) is 0 Å². The molecule has 2 aromatic rings. The Hall–Kier alpha value is -3.17. The zero-order valence-electron chi connectivity index (χ0n) is 21.5. The standard InChI is InChI=1S/C25H29F6N5O4/c26-17-13-19(28)18(27)11-15(17)10-16(32)12-21(37)35-3-4-36-20(14-35)22(33-24(36)25(29,30)31)23(38)40-7-1-2-34-5-8-39-9-6-34/h11,13,16H,1-10,12,14,32H2. The number of fused-ring (bicyclic) bond motifs is 1. The molecule has 2 N–H and O–H groups in total. The number of rotatable bonds is 9. The summed E-state index contributed by atoms with van der Waals surface area (Å²) in [5, 5.41) is 0. The summed E-state index contributed by atoms with van der Waals surface area (Å²) in [5.41, 5.74) is 5.08. The first kappa shape index (κ1) is 29.8. The largest absolute Gasteiger partial charge is 0.461 e.